The van der Waals surface area contributed by atoms with Gasteiger partial charge in [0.25, 0.3) is 5.91 Å². The third kappa shape index (κ3) is 4.93. The second kappa shape index (κ2) is 8.79. The molecule has 2 aromatic carbocycles. The first-order valence-corrected chi connectivity index (χ1v) is 9.64. The minimum Gasteiger partial charge on any atom is -0.352 e. The maximum absolute atomic E-state index is 12.8. The van der Waals surface area contributed by atoms with Gasteiger partial charge in [0, 0.05) is 28.9 Å². The highest BCUT2D eigenvalue weighted by atomic mass is 35.5. The Balaban J connectivity index is 1.66. The molecule has 1 N–H and O–H groups in total. The first kappa shape index (κ1) is 19.1. The van der Waals surface area contributed by atoms with Crippen molar-refractivity contribution in [3.8, 4) is 0 Å². The molecule has 0 bridgehead atoms. The molecule has 0 saturated heterocycles. The van der Waals surface area contributed by atoms with Gasteiger partial charge in [-0.1, -0.05) is 29.8 Å². The quantitative estimate of drug-likeness (QED) is 0.659. The van der Waals surface area contributed by atoms with Crippen molar-refractivity contribution in [2.45, 2.75) is 13.3 Å². The van der Waals surface area contributed by atoms with E-state index in [4.69, 9.17) is 11.6 Å². The summed E-state index contributed by atoms with van der Waals surface area (Å²) in [7, 11) is 0. The van der Waals surface area contributed by atoms with E-state index in [1.807, 2.05) is 42.6 Å². The number of nitrogens with one attached hydrogen (secondary N) is 1. The highest BCUT2D eigenvalue weighted by molar-refractivity contribution is 7.14. The van der Waals surface area contributed by atoms with Crippen LogP contribution in [0.4, 0.5) is 10.8 Å². The molecule has 138 valence electrons. The zero-order valence-corrected chi connectivity index (χ0v) is 16.3. The average Bonchev–Trinajstić information content (AvgIpc) is 3.09. The monoisotopic (exact) mass is 399 g/mol. The van der Waals surface area contributed by atoms with Crippen LogP contribution in [0.3, 0.4) is 0 Å². The lowest BCUT2D eigenvalue weighted by molar-refractivity contribution is -0.117. The van der Waals surface area contributed by atoms with Crippen LogP contribution in [-0.4, -0.2) is 23.3 Å². The molecule has 0 aliphatic rings. The zero-order valence-electron chi connectivity index (χ0n) is 14.7. The Morgan fingerprint density at radius 2 is 1.81 bits per heavy atom. The van der Waals surface area contributed by atoms with Crippen LogP contribution in [0.5, 0.6) is 0 Å². The maximum atomic E-state index is 12.8. The normalized spacial score (nSPS) is 10.4. The van der Waals surface area contributed by atoms with Crippen molar-refractivity contribution in [3.63, 3.8) is 0 Å². The smallest absolute Gasteiger partial charge is 0.251 e. The number of carbonyl (C=O) groups excluding carboxylic acids is 2. The second-order valence-corrected chi connectivity index (χ2v) is 7.12. The summed E-state index contributed by atoms with van der Waals surface area (Å²) >= 11 is 7.24. The molecule has 27 heavy (non-hydrogen) atoms. The van der Waals surface area contributed by atoms with E-state index in [1.165, 1.54) is 11.3 Å². The Bertz CT molecular complexity index is 926. The molecule has 1 heterocycles. The molecule has 0 spiro atoms. The summed E-state index contributed by atoms with van der Waals surface area (Å²) in [6, 6.07) is 16.0. The van der Waals surface area contributed by atoms with Gasteiger partial charge in [0.1, 0.15) is 0 Å². The number of halogens is 1. The lowest BCUT2D eigenvalue weighted by atomic mass is 10.2. The van der Waals surface area contributed by atoms with Crippen LogP contribution in [-0.2, 0) is 4.79 Å². The fraction of sp³-hybridized carbons (Fsp3) is 0.150. The Kier molecular flexibility index (Phi) is 6.21. The number of para-hydroxylation sites is 1. The predicted molar refractivity (Wildman–Crippen MR) is 109 cm³/mol. The van der Waals surface area contributed by atoms with Crippen molar-refractivity contribution in [1.82, 2.24) is 10.3 Å². The highest BCUT2D eigenvalue weighted by Gasteiger charge is 2.20. The van der Waals surface area contributed by atoms with Gasteiger partial charge in [-0.3, -0.25) is 14.5 Å². The predicted octanol–water partition coefficient (Wildman–Crippen LogP) is 4.59. The largest absolute Gasteiger partial charge is 0.352 e. The molecule has 0 atom stereocenters. The minimum atomic E-state index is -0.240. The lowest BCUT2D eigenvalue weighted by Gasteiger charge is -2.20. The lowest BCUT2D eigenvalue weighted by Crippen LogP contribution is -2.31. The van der Waals surface area contributed by atoms with E-state index in [-0.39, 0.29) is 24.8 Å². The molecular weight excluding hydrogens is 382 g/mol. The molecule has 1 aromatic heterocycles. The van der Waals surface area contributed by atoms with Crippen LogP contribution in [0.25, 0.3) is 0 Å². The van der Waals surface area contributed by atoms with Crippen molar-refractivity contribution in [2.24, 2.45) is 0 Å². The van der Waals surface area contributed by atoms with Gasteiger partial charge < -0.3 is 5.32 Å². The Morgan fingerprint density at radius 3 is 2.44 bits per heavy atom. The number of aromatic nitrogens is 1. The van der Waals surface area contributed by atoms with E-state index in [2.05, 4.69) is 10.3 Å². The van der Waals surface area contributed by atoms with E-state index in [0.717, 1.165) is 11.4 Å². The zero-order chi connectivity index (χ0) is 19.2. The molecule has 5 nitrogen and oxygen atoms in total. The molecule has 2 amide bonds. The summed E-state index contributed by atoms with van der Waals surface area (Å²) in [5, 5.41) is 5.86. The molecule has 0 radical (unpaired) electrons. The molecule has 0 aliphatic carbocycles. The van der Waals surface area contributed by atoms with Gasteiger partial charge in [-0.25, -0.2) is 4.98 Å². The Hall–Kier alpha value is -2.70. The molecule has 3 rings (SSSR count). The Labute approximate surface area is 166 Å². The fourth-order valence-corrected chi connectivity index (χ4v) is 3.44. The number of thiazole rings is 1. The first-order chi connectivity index (χ1) is 13.0. The van der Waals surface area contributed by atoms with Gasteiger partial charge >= 0.3 is 0 Å². The number of anilines is 2. The van der Waals surface area contributed by atoms with E-state index in [1.54, 1.807) is 29.2 Å². The third-order valence-electron chi connectivity index (χ3n) is 3.79. The van der Waals surface area contributed by atoms with Crippen molar-refractivity contribution in [2.75, 3.05) is 11.4 Å². The molecule has 0 fully saturated rings. The summed E-state index contributed by atoms with van der Waals surface area (Å²) < 4.78 is 0. The van der Waals surface area contributed by atoms with Crippen LogP contribution in [0.15, 0.2) is 60.0 Å². The molecule has 0 unspecified atom stereocenters. The highest BCUT2D eigenvalue weighted by Crippen LogP contribution is 2.29. The minimum absolute atomic E-state index is 0.132. The fourth-order valence-electron chi connectivity index (χ4n) is 2.48. The summed E-state index contributed by atoms with van der Waals surface area (Å²) in [6.07, 6.45) is 0.160. The number of hydrogen-bond acceptors (Lipinski definition) is 4. The number of amides is 2. The van der Waals surface area contributed by atoms with Crippen molar-refractivity contribution in [3.05, 3.63) is 76.3 Å². The van der Waals surface area contributed by atoms with Crippen molar-refractivity contribution < 1.29 is 9.59 Å². The van der Waals surface area contributed by atoms with Crippen molar-refractivity contribution in [1.29, 1.82) is 0 Å². The standard InChI is InChI=1S/C20H18ClN3O2S/c1-14-13-27-20(23-14)24(17-5-3-2-4-6-17)18(25)11-12-22-19(26)15-7-9-16(21)10-8-15/h2-10,13H,11-12H2,1H3,(H,22,26). The van der Waals surface area contributed by atoms with Crippen LogP contribution in [0.2, 0.25) is 5.02 Å². The van der Waals surface area contributed by atoms with Crippen LogP contribution in [0.1, 0.15) is 22.5 Å². The van der Waals surface area contributed by atoms with Crippen LogP contribution in [0, 0.1) is 6.92 Å². The van der Waals surface area contributed by atoms with Crippen molar-refractivity contribution >= 4 is 45.6 Å². The molecule has 0 aliphatic heterocycles. The average molecular weight is 400 g/mol. The Morgan fingerprint density at radius 1 is 1.11 bits per heavy atom. The summed E-state index contributed by atoms with van der Waals surface area (Å²) in [5.74, 6) is -0.372. The molecular formula is C20H18ClN3O2S. The van der Waals surface area contributed by atoms with E-state index in [9.17, 15) is 9.59 Å². The summed E-state index contributed by atoms with van der Waals surface area (Å²) in [6.45, 7) is 2.12. The summed E-state index contributed by atoms with van der Waals surface area (Å²) in [5.41, 5.74) is 2.11. The van der Waals surface area contributed by atoms with E-state index >= 15 is 0 Å². The van der Waals surface area contributed by atoms with Gasteiger partial charge in [0.2, 0.25) is 5.91 Å². The molecule has 3 aromatic rings. The topological polar surface area (TPSA) is 62.3 Å². The second-order valence-electron chi connectivity index (χ2n) is 5.85. The van der Waals surface area contributed by atoms with Gasteiger partial charge in [-0.2, -0.15) is 0 Å². The SMILES string of the molecule is Cc1csc(N(C(=O)CCNC(=O)c2ccc(Cl)cc2)c2ccccc2)n1. The first-order valence-electron chi connectivity index (χ1n) is 8.38. The maximum Gasteiger partial charge on any atom is 0.251 e. The molecule has 7 heteroatoms. The number of benzene rings is 2. The van der Waals surface area contributed by atoms with Gasteiger partial charge in [0.05, 0.1) is 11.4 Å². The van der Waals surface area contributed by atoms with Gasteiger partial charge in [-0.15, -0.1) is 11.3 Å². The number of carbonyl (C=O) groups is 2. The molecule has 0 saturated carbocycles. The number of rotatable bonds is 6. The van der Waals surface area contributed by atoms with Gasteiger partial charge in [-0.05, 0) is 43.3 Å². The third-order valence-corrected chi connectivity index (χ3v) is 4.99. The van der Waals surface area contributed by atoms with E-state index in [0.29, 0.717) is 15.7 Å². The number of nitrogens with zero attached hydrogens (tertiary/aromatic N) is 2. The van der Waals surface area contributed by atoms with E-state index < -0.39 is 0 Å². The van der Waals surface area contributed by atoms with Gasteiger partial charge in [0.15, 0.2) is 5.13 Å². The number of aryl methyl sites for hydroxylation is 1. The van der Waals surface area contributed by atoms with Crippen LogP contribution < -0.4 is 10.2 Å². The van der Waals surface area contributed by atoms with Crippen LogP contribution >= 0.6 is 22.9 Å². The summed E-state index contributed by atoms with van der Waals surface area (Å²) in [4.78, 5) is 31.0. The number of hydrogen-bond donors (Lipinski definition) is 1.